The molecule has 0 saturated carbocycles. The summed E-state index contributed by atoms with van der Waals surface area (Å²) in [6.07, 6.45) is -4.84. The minimum Gasteiger partial charge on any atom is -0.289 e. The average Bonchev–Trinajstić information content (AvgIpc) is 2.36. The molecule has 110 valence electrons. The molecule has 2 rings (SSSR count). The number of hydrogen-bond donors (Lipinski definition) is 0. The van der Waals surface area contributed by atoms with Crippen LogP contribution in [0.2, 0.25) is 0 Å². The standard InChI is InChI=1S/C15H11F4NO/c1-8-5-11(6-9(2)20-8)14(21)10-3-4-13(16)12(7-10)15(17,18)19/h3-7H,1-2H3. The van der Waals surface area contributed by atoms with Gasteiger partial charge in [-0.25, -0.2) is 4.39 Å². The highest BCUT2D eigenvalue weighted by molar-refractivity contribution is 6.09. The Labute approximate surface area is 118 Å². The molecular weight excluding hydrogens is 286 g/mol. The van der Waals surface area contributed by atoms with Gasteiger partial charge < -0.3 is 0 Å². The number of ketones is 1. The summed E-state index contributed by atoms with van der Waals surface area (Å²) in [4.78, 5) is 16.3. The van der Waals surface area contributed by atoms with Crippen molar-refractivity contribution < 1.29 is 22.4 Å². The number of aromatic nitrogens is 1. The predicted molar refractivity (Wildman–Crippen MR) is 68.5 cm³/mol. The van der Waals surface area contributed by atoms with E-state index in [1.807, 2.05) is 0 Å². The van der Waals surface area contributed by atoms with E-state index < -0.39 is 23.3 Å². The number of halogens is 4. The fraction of sp³-hybridized carbons (Fsp3) is 0.200. The Balaban J connectivity index is 2.49. The number of hydrogen-bond acceptors (Lipinski definition) is 2. The molecule has 1 heterocycles. The Kier molecular flexibility index (Phi) is 3.80. The second-order valence-electron chi connectivity index (χ2n) is 4.66. The van der Waals surface area contributed by atoms with Gasteiger partial charge in [-0.15, -0.1) is 0 Å². The zero-order valence-corrected chi connectivity index (χ0v) is 11.3. The molecule has 0 atom stereocenters. The first kappa shape index (κ1) is 15.2. The quantitative estimate of drug-likeness (QED) is 0.617. The van der Waals surface area contributed by atoms with Crippen molar-refractivity contribution in [2.24, 2.45) is 0 Å². The van der Waals surface area contributed by atoms with Crippen LogP contribution in [0, 0.1) is 19.7 Å². The van der Waals surface area contributed by atoms with E-state index in [0.29, 0.717) is 23.5 Å². The largest absolute Gasteiger partial charge is 0.419 e. The van der Waals surface area contributed by atoms with Crippen molar-refractivity contribution in [2.75, 3.05) is 0 Å². The van der Waals surface area contributed by atoms with Gasteiger partial charge in [0.15, 0.2) is 5.78 Å². The van der Waals surface area contributed by atoms with Crippen LogP contribution in [0.4, 0.5) is 17.6 Å². The van der Waals surface area contributed by atoms with Crippen molar-refractivity contribution in [3.8, 4) is 0 Å². The van der Waals surface area contributed by atoms with Crippen molar-refractivity contribution in [1.29, 1.82) is 0 Å². The maximum atomic E-state index is 13.2. The van der Waals surface area contributed by atoms with Gasteiger partial charge in [0.2, 0.25) is 0 Å². The Morgan fingerprint density at radius 2 is 1.57 bits per heavy atom. The Morgan fingerprint density at radius 3 is 2.10 bits per heavy atom. The second-order valence-corrected chi connectivity index (χ2v) is 4.66. The molecule has 0 fully saturated rings. The molecule has 0 radical (unpaired) electrons. The monoisotopic (exact) mass is 297 g/mol. The van der Waals surface area contributed by atoms with Crippen LogP contribution < -0.4 is 0 Å². The summed E-state index contributed by atoms with van der Waals surface area (Å²) in [5.74, 6) is -2.00. The van der Waals surface area contributed by atoms with Crippen LogP contribution in [0.3, 0.4) is 0 Å². The van der Waals surface area contributed by atoms with Crippen LogP contribution in [0.15, 0.2) is 30.3 Å². The molecule has 0 N–H and O–H groups in total. The third kappa shape index (κ3) is 3.26. The molecule has 0 amide bonds. The summed E-state index contributed by atoms with van der Waals surface area (Å²) in [7, 11) is 0. The summed E-state index contributed by atoms with van der Waals surface area (Å²) in [6.45, 7) is 3.35. The molecule has 0 aliphatic carbocycles. The molecule has 0 bridgehead atoms. The van der Waals surface area contributed by atoms with Crippen LogP contribution in [0.25, 0.3) is 0 Å². The van der Waals surface area contributed by atoms with Gasteiger partial charge in [-0.2, -0.15) is 13.2 Å². The van der Waals surface area contributed by atoms with E-state index in [0.717, 1.165) is 6.07 Å². The van der Waals surface area contributed by atoms with Crippen molar-refractivity contribution in [1.82, 2.24) is 4.98 Å². The van der Waals surface area contributed by atoms with Gasteiger partial charge in [0.1, 0.15) is 5.82 Å². The van der Waals surface area contributed by atoms with Crippen molar-refractivity contribution in [2.45, 2.75) is 20.0 Å². The average molecular weight is 297 g/mol. The van der Waals surface area contributed by atoms with Crippen LogP contribution in [-0.2, 0) is 6.18 Å². The highest BCUT2D eigenvalue weighted by Crippen LogP contribution is 2.32. The maximum absolute atomic E-state index is 13.2. The first-order valence-electron chi connectivity index (χ1n) is 6.05. The van der Waals surface area contributed by atoms with Gasteiger partial charge in [-0.05, 0) is 44.2 Å². The predicted octanol–water partition coefficient (Wildman–Crippen LogP) is 4.09. The summed E-state index contributed by atoms with van der Waals surface area (Å²) >= 11 is 0. The fourth-order valence-electron chi connectivity index (χ4n) is 2.02. The fourth-order valence-corrected chi connectivity index (χ4v) is 2.02. The Hall–Kier alpha value is -2.24. The lowest BCUT2D eigenvalue weighted by Crippen LogP contribution is -2.11. The van der Waals surface area contributed by atoms with Crippen LogP contribution in [0.5, 0.6) is 0 Å². The van der Waals surface area contributed by atoms with Gasteiger partial charge in [0.05, 0.1) is 5.56 Å². The highest BCUT2D eigenvalue weighted by Gasteiger charge is 2.34. The van der Waals surface area contributed by atoms with E-state index in [-0.39, 0.29) is 11.1 Å². The minimum atomic E-state index is -4.84. The van der Waals surface area contributed by atoms with Crippen molar-refractivity contribution in [3.63, 3.8) is 0 Å². The van der Waals surface area contributed by atoms with Gasteiger partial charge in [0, 0.05) is 22.5 Å². The van der Waals surface area contributed by atoms with E-state index in [4.69, 9.17) is 0 Å². The SMILES string of the molecule is Cc1cc(C(=O)c2ccc(F)c(C(F)(F)F)c2)cc(C)n1. The highest BCUT2D eigenvalue weighted by atomic mass is 19.4. The number of aryl methyl sites for hydroxylation is 2. The smallest absolute Gasteiger partial charge is 0.289 e. The molecule has 2 aromatic rings. The van der Waals surface area contributed by atoms with Crippen molar-refractivity contribution >= 4 is 5.78 Å². The molecule has 0 unspecified atom stereocenters. The van der Waals surface area contributed by atoms with Crippen LogP contribution >= 0.6 is 0 Å². The van der Waals surface area contributed by atoms with Crippen molar-refractivity contribution in [3.05, 3.63) is 64.2 Å². The zero-order chi connectivity index (χ0) is 15.8. The maximum Gasteiger partial charge on any atom is 0.419 e. The van der Waals surface area contributed by atoms with Gasteiger partial charge in [-0.3, -0.25) is 9.78 Å². The lowest BCUT2D eigenvalue weighted by molar-refractivity contribution is -0.140. The molecule has 2 nitrogen and oxygen atoms in total. The third-order valence-corrected chi connectivity index (χ3v) is 2.88. The molecule has 0 aliphatic rings. The Bertz CT molecular complexity index is 687. The number of pyridine rings is 1. The molecule has 1 aromatic carbocycles. The number of carbonyl (C=O) groups excluding carboxylic acids is 1. The molecule has 1 aromatic heterocycles. The van der Waals surface area contributed by atoms with Gasteiger partial charge >= 0.3 is 6.18 Å². The summed E-state index contributed by atoms with van der Waals surface area (Å²) in [5.41, 5.74) is -0.280. The van der Waals surface area contributed by atoms with E-state index in [1.54, 1.807) is 13.8 Å². The Morgan fingerprint density at radius 1 is 1.00 bits per heavy atom. The lowest BCUT2D eigenvalue weighted by Gasteiger charge is -2.10. The summed E-state index contributed by atoms with van der Waals surface area (Å²) < 4.78 is 51.2. The lowest BCUT2D eigenvalue weighted by atomic mass is 10.0. The van der Waals surface area contributed by atoms with E-state index >= 15 is 0 Å². The number of nitrogens with zero attached hydrogens (tertiary/aromatic N) is 1. The molecule has 0 spiro atoms. The molecule has 0 saturated heterocycles. The van der Waals surface area contributed by atoms with E-state index in [2.05, 4.69) is 4.98 Å². The first-order chi connectivity index (χ1) is 9.68. The van der Waals surface area contributed by atoms with Gasteiger partial charge in [0.25, 0.3) is 0 Å². The topological polar surface area (TPSA) is 30.0 Å². The van der Waals surface area contributed by atoms with E-state index in [9.17, 15) is 22.4 Å². The number of rotatable bonds is 2. The number of carbonyl (C=O) groups is 1. The van der Waals surface area contributed by atoms with Gasteiger partial charge in [-0.1, -0.05) is 0 Å². The number of benzene rings is 1. The second kappa shape index (κ2) is 5.27. The zero-order valence-electron chi connectivity index (χ0n) is 11.3. The van der Waals surface area contributed by atoms with E-state index in [1.165, 1.54) is 12.1 Å². The molecular formula is C15H11F4NO. The third-order valence-electron chi connectivity index (χ3n) is 2.88. The van der Waals surface area contributed by atoms with Crippen LogP contribution in [-0.4, -0.2) is 10.8 Å². The molecule has 6 heteroatoms. The van der Waals surface area contributed by atoms with Crippen LogP contribution in [0.1, 0.15) is 32.9 Å². The minimum absolute atomic E-state index is 0.214. The molecule has 0 aliphatic heterocycles. The number of alkyl halides is 3. The molecule has 21 heavy (non-hydrogen) atoms. The summed E-state index contributed by atoms with van der Waals surface area (Å²) in [6, 6.07) is 5.18. The summed E-state index contributed by atoms with van der Waals surface area (Å²) in [5, 5.41) is 0. The normalized spacial score (nSPS) is 11.5. The first-order valence-corrected chi connectivity index (χ1v) is 6.05.